The molecule has 0 aromatic heterocycles. The van der Waals surface area contributed by atoms with Gasteiger partial charge in [0.2, 0.25) is 0 Å². The van der Waals surface area contributed by atoms with Crippen LogP contribution in [0.2, 0.25) is 0 Å². The summed E-state index contributed by atoms with van der Waals surface area (Å²) >= 11 is 0. The number of piperazine rings is 1. The number of carbonyl (C=O) groups excluding carboxylic acids is 1. The Balaban J connectivity index is 1.30. The van der Waals surface area contributed by atoms with Crippen molar-refractivity contribution in [3.63, 3.8) is 0 Å². The molecule has 29 heavy (non-hydrogen) atoms. The van der Waals surface area contributed by atoms with Gasteiger partial charge in [-0.2, -0.15) is 0 Å². The number of methoxy groups -OCH3 is 1. The van der Waals surface area contributed by atoms with Gasteiger partial charge in [0, 0.05) is 50.4 Å². The molecule has 4 rings (SSSR count). The van der Waals surface area contributed by atoms with Crippen LogP contribution in [0.15, 0.2) is 42.5 Å². The molecule has 7 heteroatoms. The fourth-order valence-corrected chi connectivity index (χ4v) is 3.96. The number of hydrogen-bond donors (Lipinski definition) is 1. The van der Waals surface area contributed by atoms with E-state index in [1.165, 1.54) is 13.2 Å². The zero-order chi connectivity index (χ0) is 20.2. The molecule has 0 saturated carbocycles. The summed E-state index contributed by atoms with van der Waals surface area (Å²) in [7, 11) is 1.46. The molecule has 6 nitrogen and oxygen atoms in total. The number of halogens is 1. The second kappa shape index (κ2) is 8.59. The first kappa shape index (κ1) is 19.4. The van der Waals surface area contributed by atoms with Gasteiger partial charge in [-0.3, -0.25) is 0 Å². The van der Waals surface area contributed by atoms with Crippen molar-refractivity contribution in [1.82, 2.24) is 10.2 Å². The quantitative estimate of drug-likeness (QED) is 0.858. The number of carbonyl (C=O) groups is 1. The van der Waals surface area contributed by atoms with Gasteiger partial charge < -0.3 is 24.6 Å². The van der Waals surface area contributed by atoms with Crippen molar-refractivity contribution in [3.05, 3.63) is 53.8 Å². The van der Waals surface area contributed by atoms with Crippen molar-refractivity contribution in [3.8, 4) is 11.5 Å². The van der Waals surface area contributed by atoms with Gasteiger partial charge in [-0.25, -0.2) is 9.18 Å². The Morgan fingerprint density at radius 2 is 2.00 bits per heavy atom. The standard InChI is InChI=1S/C22H26FN3O3/c1-28-21-14-17(6-7-19(21)23)25-9-11-26(12-10-25)22(27)24-15-16-8-13-29-20-5-3-2-4-18(16)20/h2-7,14,16H,8-13,15H2,1H3,(H,24,27). The zero-order valence-corrected chi connectivity index (χ0v) is 16.6. The summed E-state index contributed by atoms with van der Waals surface area (Å²) in [4.78, 5) is 16.6. The maximum Gasteiger partial charge on any atom is 0.317 e. The van der Waals surface area contributed by atoms with E-state index in [1.807, 2.05) is 23.1 Å². The molecule has 2 aromatic rings. The highest BCUT2D eigenvalue weighted by Crippen LogP contribution is 2.32. The molecule has 1 atom stereocenters. The predicted molar refractivity (Wildman–Crippen MR) is 109 cm³/mol. The fourth-order valence-electron chi connectivity index (χ4n) is 3.96. The summed E-state index contributed by atoms with van der Waals surface area (Å²) in [6.45, 7) is 3.92. The molecule has 2 heterocycles. The molecule has 2 aliphatic heterocycles. The van der Waals surface area contributed by atoms with Gasteiger partial charge in [0.25, 0.3) is 0 Å². The third-order valence-corrected chi connectivity index (χ3v) is 5.65. The van der Waals surface area contributed by atoms with Crippen molar-refractivity contribution in [2.45, 2.75) is 12.3 Å². The third kappa shape index (κ3) is 4.23. The van der Waals surface area contributed by atoms with E-state index < -0.39 is 0 Å². The number of benzene rings is 2. The van der Waals surface area contributed by atoms with Crippen LogP contribution in [0.1, 0.15) is 17.9 Å². The molecule has 1 N–H and O–H groups in total. The van der Waals surface area contributed by atoms with Crippen molar-refractivity contribution in [2.75, 3.05) is 51.3 Å². The lowest BCUT2D eigenvalue weighted by molar-refractivity contribution is 0.191. The third-order valence-electron chi connectivity index (χ3n) is 5.65. The number of ether oxygens (including phenoxy) is 2. The number of anilines is 1. The molecule has 0 aliphatic carbocycles. The Kier molecular flexibility index (Phi) is 5.74. The summed E-state index contributed by atoms with van der Waals surface area (Å²) in [6, 6.07) is 12.9. The number of hydrogen-bond acceptors (Lipinski definition) is 4. The van der Waals surface area contributed by atoms with Crippen molar-refractivity contribution in [2.24, 2.45) is 0 Å². The predicted octanol–water partition coefficient (Wildman–Crippen LogP) is 3.23. The Hall–Kier alpha value is -2.96. The van der Waals surface area contributed by atoms with Crippen molar-refractivity contribution < 1.29 is 18.7 Å². The first-order valence-corrected chi connectivity index (χ1v) is 9.98. The van der Waals surface area contributed by atoms with Crippen LogP contribution in [0.5, 0.6) is 11.5 Å². The minimum Gasteiger partial charge on any atom is -0.494 e. The Labute approximate surface area is 170 Å². The highest BCUT2D eigenvalue weighted by atomic mass is 19.1. The molecule has 1 fully saturated rings. The molecule has 0 spiro atoms. The molecule has 2 amide bonds. The second-order valence-electron chi connectivity index (χ2n) is 7.35. The van der Waals surface area contributed by atoms with E-state index >= 15 is 0 Å². The first-order chi connectivity index (χ1) is 14.2. The van der Waals surface area contributed by atoms with E-state index in [0.29, 0.717) is 39.3 Å². The van der Waals surface area contributed by atoms with Crippen LogP contribution in [0, 0.1) is 5.82 Å². The van der Waals surface area contributed by atoms with Crippen LogP contribution in [0.25, 0.3) is 0 Å². The van der Waals surface area contributed by atoms with Gasteiger partial charge in [-0.05, 0) is 30.2 Å². The van der Waals surface area contributed by atoms with E-state index in [4.69, 9.17) is 9.47 Å². The molecular formula is C22H26FN3O3. The minimum atomic E-state index is -0.371. The van der Waals surface area contributed by atoms with E-state index in [1.54, 1.807) is 12.1 Å². The molecule has 0 bridgehead atoms. The highest BCUT2D eigenvalue weighted by molar-refractivity contribution is 5.74. The maximum atomic E-state index is 13.6. The average Bonchev–Trinajstić information content (AvgIpc) is 2.78. The zero-order valence-electron chi connectivity index (χ0n) is 16.6. The Bertz CT molecular complexity index is 868. The molecule has 1 saturated heterocycles. The van der Waals surface area contributed by atoms with Crippen LogP contribution in [0.3, 0.4) is 0 Å². The van der Waals surface area contributed by atoms with Crippen LogP contribution in [-0.2, 0) is 0 Å². The van der Waals surface area contributed by atoms with Crippen molar-refractivity contribution in [1.29, 1.82) is 0 Å². The molecule has 0 radical (unpaired) electrons. The number of rotatable bonds is 4. The van der Waals surface area contributed by atoms with Crippen LogP contribution >= 0.6 is 0 Å². The normalized spacial score (nSPS) is 18.6. The number of para-hydroxylation sites is 1. The molecular weight excluding hydrogens is 373 g/mol. The van der Waals surface area contributed by atoms with E-state index in [2.05, 4.69) is 16.3 Å². The van der Waals surface area contributed by atoms with Crippen LogP contribution < -0.4 is 19.7 Å². The average molecular weight is 399 g/mol. The minimum absolute atomic E-state index is 0.0368. The number of amides is 2. The Morgan fingerprint density at radius 1 is 1.21 bits per heavy atom. The van der Waals surface area contributed by atoms with E-state index in [-0.39, 0.29) is 23.5 Å². The fraction of sp³-hybridized carbons (Fsp3) is 0.409. The van der Waals surface area contributed by atoms with Gasteiger partial charge in [0.05, 0.1) is 13.7 Å². The van der Waals surface area contributed by atoms with Gasteiger partial charge in [0.1, 0.15) is 5.75 Å². The van der Waals surface area contributed by atoms with Gasteiger partial charge in [0.15, 0.2) is 11.6 Å². The topological polar surface area (TPSA) is 54.0 Å². The lowest BCUT2D eigenvalue weighted by Gasteiger charge is -2.36. The lowest BCUT2D eigenvalue weighted by Crippen LogP contribution is -2.52. The van der Waals surface area contributed by atoms with Gasteiger partial charge in [-0.15, -0.1) is 0 Å². The summed E-state index contributed by atoms with van der Waals surface area (Å²) in [6.07, 6.45) is 0.900. The number of fused-ring (bicyclic) bond motifs is 1. The summed E-state index contributed by atoms with van der Waals surface area (Å²) < 4.78 is 24.4. The number of nitrogens with one attached hydrogen (secondary N) is 1. The van der Waals surface area contributed by atoms with E-state index in [9.17, 15) is 9.18 Å². The molecule has 2 aliphatic rings. The van der Waals surface area contributed by atoms with Gasteiger partial charge >= 0.3 is 6.03 Å². The summed E-state index contributed by atoms with van der Waals surface area (Å²) in [5.41, 5.74) is 2.07. The van der Waals surface area contributed by atoms with Gasteiger partial charge in [-0.1, -0.05) is 18.2 Å². The highest BCUT2D eigenvalue weighted by Gasteiger charge is 2.25. The second-order valence-corrected chi connectivity index (χ2v) is 7.35. The lowest BCUT2D eigenvalue weighted by atomic mass is 9.93. The SMILES string of the molecule is COc1cc(N2CCN(C(=O)NCC3CCOc4ccccc43)CC2)ccc1F. The molecule has 154 valence electrons. The smallest absolute Gasteiger partial charge is 0.317 e. The largest absolute Gasteiger partial charge is 0.494 e. The maximum absolute atomic E-state index is 13.6. The van der Waals surface area contributed by atoms with E-state index in [0.717, 1.165) is 23.4 Å². The van der Waals surface area contributed by atoms with Crippen LogP contribution in [0.4, 0.5) is 14.9 Å². The van der Waals surface area contributed by atoms with Crippen LogP contribution in [-0.4, -0.2) is 57.4 Å². The number of nitrogens with zero attached hydrogens (tertiary/aromatic N) is 2. The number of urea groups is 1. The molecule has 1 unspecified atom stereocenters. The molecule has 2 aromatic carbocycles. The Morgan fingerprint density at radius 3 is 2.79 bits per heavy atom. The monoisotopic (exact) mass is 399 g/mol. The summed E-state index contributed by atoms with van der Waals surface area (Å²) in [5.74, 6) is 1.06. The first-order valence-electron chi connectivity index (χ1n) is 9.98. The summed E-state index contributed by atoms with van der Waals surface area (Å²) in [5, 5.41) is 3.09. The van der Waals surface area contributed by atoms with Crippen molar-refractivity contribution >= 4 is 11.7 Å².